The molecule has 4 rings (SSSR count). The zero-order valence-corrected chi connectivity index (χ0v) is 18.5. The molecule has 1 fully saturated rings. The van der Waals surface area contributed by atoms with Gasteiger partial charge in [-0.25, -0.2) is 0 Å². The third-order valence-corrected chi connectivity index (χ3v) is 6.76. The maximum atomic E-state index is 12.5. The molecule has 7 heteroatoms. The van der Waals surface area contributed by atoms with Crippen LogP contribution in [0.5, 0.6) is 0 Å². The van der Waals surface area contributed by atoms with Crippen LogP contribution in [-0.4, -0.2) is 40.3 Å². The van der Waals surface area contributed by atoms with Gasteiger partial charge in [-0.2, -0.15) is 0 Å². The number of anilines is 1. The summed E-state index contributed by atoms with van der Waals surface area (Å²) in [6.07, 6.45) is 3.70. The van der Waals surface area contributed by atoms with Crippen LogP contribution >= 0.6 is 11.3 Å². The molecular formula is C23H29N5OS. The van der Waals surface area contributed by atoms with E-state index in [0.717, 1.165) is 67.0 Å². The van der Waals surface area contributed by atoms with Crippen molar-refractivity contribution in [3.05, 3.63) is 59.4 Å². The first-order chi connectivity index (χ1) is 14.6. The SMILES string of the molecule is Cc1ccc(C)n1-c1nnc(N2CCC(C(=O)NCCCc3ccccc3)CC2)s1. The van der Waals surface area contributed by atoms with Crippen LogP contribution in [0.2, 0.25) is 0 Å². The van der Waals surface area contributed by atoms with Crippen LogP contribution in [0.3, 0.4) is 0 Å². The van der Waals surface area contributed by atoms with E-state index in [4.69, 9.17) is 0 Å². The molecule has 1 aromatic carbocycles. The van der Waals surface area contributed by atoms with Gasteiger partial charge in [0, 0.05) is 36.9 Å². The highest BCUT2D eigenvalue weighted by atomic mass is 32.1. The van der Waals surface area contributed by atoms with E-state index in [9.17, 15) is 4.79 Å². The van der Waals surface area contributed by atoms with E-state index in [2.05, 4.69) is 75.2 Å². The van der Waals surface area contributed by atoms with Gasteiger partial charge in [-0.1, -0.05) is 41.7 Å². The van der Waals surface area contributed by atoms with E-state index in [1.807, 2.05) is 6.07 Å². The number of piperidine rings is 1. The summed E-state index contributed by atoms with van der Waals surface area (Å²) in [5.41, 5.74) is 3.65. The van der Waals surface area contributed by atoms with E-state index in [-0.39, 0.29) is 11.8 Å². The highest BCUT2D eigenvalue weighted by molar-refractivity contribution is 7.17. The summed E-state index contributed by atoms with van der Waals surface area (Å²) in [6, 6.07) is 14.6. The quantitative estimate of drug-likeness (QED) is 0.585. The van der Waals surface area contributed by atoms with Gasteiger partial charge >= 0.3 is 0 Å². The summed E-state index contributed by atoms with van der Waals surface area (Å²) in [6.45, 7) is 6.60. The van der Waals surface area contributed by atoms with E-state index < -0.39 is 0 Å². The molecule has 1 aliphatic heterocycles. The van der Waals surface area contributed by atoms with Gasteiger partial charge in [-0.15, -0.1) is 10.2 Å². The maximum absolute atomic E-state index is 12.5. The topological polar surface area (TPSA) is 63.1 Å². The summed E-state index contributed by atoms with van der Waals surface area (Å²) < 4.78 is 2.14. The smallest absolute Gasteiger partial charge is 0.223 e. The lowest BCUT2D eigenvalue weighted by molar-refractivity contribution is -0.125. The number of aryl methyl sites for hydroxylation is 3. The first kappa shape index (κ1) is 20.6. The molecule has 0 unspecified atom stereocenters. The number of hydrogen-bond acceptors (Lipinski definition) is 5. The zero-order valence-electron chi connectivity index (χ0n) is 17.7. The monoisotopic (exact) mass is 423 g/mol. The average molecular weight is 424 g/mol. The second kappa shape index (κ2) is 9.43. The molecular weight excluding hydrogens is 394 g/mol. The number of aromatic nitrogens is 3. The molecule has 0 atom stereocenters. The molecule has 2 aromatic heterocycles. The predicted octanol–water partition coefficient (Wildman–Crippen LogP) is 3.91. The molecule has 0 aliphatic carbocycles. The fourth-order valence-electron chi connectivity index (χ4n) is 4.02. The third kappa shape index (κ3) is 4.73. The number of amides is 1. The number of nitrogens with one attached hydrogen (secondary N) is 1. The molecule has 1 amide bonds. The van der Waals surface area contributed by atoms with Gasteiger partial charge in [0.15, 0.2) is 0 Å². The van der Waals surface area contributed by atoms with Crippen LogP contribution in [0, 0.1) is 19.8 Å². The van der Waals surface area contributed by atoms with Crippen molar-refractivity contribution in [3.63, 3.8) is 0 Å². The number of rotatable bonds is 7. The van der Waals surface area contributed by atoms with E-state index in [1.54, 1.807) is 11.3 Å². The van der Waals surface area contributed by atoms with Crippen LogP contribution < -0.4 is 10.2 Å². The first-order valence-electron chi connectivity index (χ1n) is 10.7. The van der Waals surface area contributed by atoms with Gasteiger partial charge in [0.25, 0.3) is 0 Å². The number of carbonyl (C=O) groups excluding carboxylic acids is 1. The Labute approximate surface area is 181 Å². The highest BCUT2D eigenvalue weighted by Crippen LogP contribution is 2.29. The Morgan fingerprint density at radius 3 is 2.40 bits per heavy atom. The largest absolute Gasteiger partial charge is 0.356 e. The second-order valence-corrected chi connectivity index (χ2v) is 8.89. The lowest BCUT2D eigenvalue weighted by Gasteiger charge is -2.30. The van der Waals surface area contributed by atoms with Gasteiger partial charge in [0.05, 0.1) is 0 Å². The molecule has 30 heavy (non-hydrogen) atoms. The number of carbonyl (C=O) groups is 1. The Hall–Kier alpha value is -2.67. The minimum absolute atomic E-state index is 0.0966. The van der Waals surface area contributed by atoms with Crippen LogP contribution in [0.1, 0.15) is 36.2 Å². The van der Waals surface area contributed by atoms with Gasteiger partial charge < -0.3 is 10.2 Å². The van der Waals surface area contributed by atoms with Gasteiger partial charge in [0.1, 0.15) is 0 Å². The van der Waals surface area contributed by atoms with Gasteiger partial charge in [-0.3, -0.25) is 9.36 Å². The minimum atomic E-state index is 0.0966. The van der Waals surface area contributed by atoms with E-state index >= 15 is 0 Å². The zero-order chi connectivity index (χ0) is 20.9. The van der Waals surface area contributed by atoms with Crippen molar-refractivity contribution in [2.75, 3.05) is 24.5 Å². The van der Waals surface area contributed by atoms with Gasteiger partial charge in [-0.05, 0) is 57.2 Å². The minimum Gasteiger partial charge on any atom is -0.356 e. The van der Waals surface area contributed by atoms with Crippen molar-refractivity contribution in [1.82, 2.24) is 20.1 Å². The number of nitrogens with zero attached hydrogens (tertiary/aromatic N) is 4. The lowest BCUT2D eigenvalue weighted by Crippen LogP contribution is -2.40. The summed E-state index contributed by atoms with van der Waals surface area (Å²) in [7, 11) is 0. The Morgan fingerprint density at radius 2 is 1.70 bits per heavy atom. The van der Waals surface area contributed by atoms with Crippen molar-refractivity contribution >= 4 is 22.4 Å². The summed E-state index contributed by atoms with van der Waals surface area (Å²) in [5, 5.41) is 13.8. The average Bonchev–Trinajstić information content (AvgIpc) is 3.38. The molecule has 6 nitrogen and oxygen atoms in total. The molecule has 158 valence electrons. The molecule has 0 radical (unpaired) electrons. The number of benzene rings is 1. The van der Waals surface area contributed by atoms with Crippen LogP contribution in [-0.2, 0) is 11.2 Å². The highest BCUT2D eigenvalue weighted by Gasteiger charge is 2.26. The fraction of sp³-hybridized carbons (Fsp3) is 0.435. The predicted molar refractivity (Wildman–Crippen MR) is 121 cm³/mol. The molecule has 1 saturated heterocycles. The summed E-state index contributed by atoms with van der Waals surface area (Å²) in [5.74, 6) is 0.290. The Kier molecular flexibility index (Phi) is 6.47. The van der Waals surface area contributed by atoms with Crippen molar-refractivity contribution in [2.45, 2.75) is 39.5 Å². The molecule has 0 spiro atoms. The lowest BCUT2D eigenvalue weighted by atomic mass is 9.96. The molecule has 0 bridgehead atoms. The first-order valence-corrected chi connectivity index (χ1v) is 11.5. The standard InChI is InChI=1S/C23H29N5OS/c1-17-10-11-18(2)28(17)23-26-25-22(30-23)27-15-12-20(13-16-27)21(29)24-14-6-9-19-7-4-3-5-8-19/h3-5,7-8,10-11,20H,6,9,12-16H2,1-2H3,(H,24,29). The number of hydrogen-bond donors (Lipinski definition) is 1. The molecule has 1 aliphatic rings. The van der Waals surface area contributed by atoms with Gasteiger partial charge in [0.2, 0.25) is 16.2 Å². The summed E-state index contributed by atoms with van der Waals surface area (Å²) >= 11 is 1.62. The Balaban J connectivity index is 1.23. The van der Waals surface area contributed by atoms with Crippen LogP contribution in [0.25, 0.3) is 5.13 Å². The second-order valence-electron chi connectivity index (χ2n) is 7.96. The Bertz CT molecular complexity index is 953. The Morgan fingerprint density at radius 1 is 1.03 bits per heavy atom. The molecule has 1 N–H and O–H groups in total. The molecule has 0 saturated carbocycles. The van der Waals surface area contributed by atoms with Crippen molar-refractivity contribution in [2.24, 2.45) is 5.92 Å². The van der Waals surface area contributed by atoms with E-state index in [1.165, 1.54) is 5.56 Å². The third-order valence-electron chi connectivity index (χ3n) is 5.79. The van der Waals surface area contributed by atoms with Crippen LogP contribution in [0.15, 0.2) is 42.5 Å². The fourth-order valence-corrected chi connectivity index (χ4v) is 5.04. The van der Waals surface area contributed by atoms with Crippen molar-refractivity contribution in [3.8, 4) is 5.13 Å². The van der Waals surface area contributed by atoms with Crippen molar-refractivity contribution < 1.29 is 4.79 Å². The van der Waals surface area contributed by atoms with Crippen molar-refractivity contribution in [1.29, 1.82) is 0 Å². The van der Waals surface area contributed by atoms with Crippen LogP contribution in [0.4, 0.5) is 5.13 Å². The normalized spacial score (nSPS) is 14.8. The van der Waals surface area contributed by atoms with E-state index in [0.29, 0.717) is 0 Å². The summed E-state index contributed by atoms with van der Waals surface area (Å²) in [4.78, 5) is 14.8. The molecule has 3 aromatic rings. The maximum Gasteiger partial charge on any atom is 0.223 e. The molecule has 3 heterocycles.